The van der Waals surface area contributed by atoms with E-state index in [2.05, 4.69) is 19.9 Å². The Hall–Kier alpha value is -3.92. The first kappa shape index (κ1) is 26.3. The molecule has 0 radical (unpaired) electrons. The molecule has 2 aliphatic carbocycles. The van der Waals surface area contributed by atoms with Crippen LogP contribution in [0, 0.1) is 5.92 Å². The maximum absolute atomic E-state index is 12.5. The molecule has 2 aromatic carbocycles. The summed E-state index contributed by atoms with van der Waals surface area (Å²) in [6.07, 6.45) is 8.27. The van der Waals surface area contributed by atoms with Crippen LogP contribution in [0.25, 0.3) is 22.2 Å². The first-order valence-electron chi connectivity index (χ1n) is 13.8. The molecule has 2 saturated carbocycles. The van der Waals surface area contributed by atoms with Crippen molar-refractivity contribution >= 4 is 39.2 Å². The summed E-state index contributed by atoms with van der Waals surface area (Å²) >= 11 is 0. The van der Waals surface area contributed by atoms with Gasteiger partial charge in [-0.2, -0.15) is 0 Å². The summed E-state index contributed by atoms with van der Waals surface area (Å²) in [7, 11) is -1.33. The van der Waals surface area contributed by atoms with E-state index in [1.165, 1.54) is 6.42 Å². The van der Waals surface area contributed by atoms with Gasteiger partial charge >= 0.3 is 6.09 Å². The molecule has 2 heterocycles. The van der Waals surface area contributed by atoms with E-state index in [4.69, 9.17) is 15.2 Å². The van der Waals surface area contributed by atoms with Gasteiger partial charge in [0, 0.05) is 41.1 Å². The molecule has 1 amide bonds. The van der Waals surface area contributed by atoms with Gasteiger partial charge in [0.25, 0.3) is 0 Å². The van der Waals surface area contributed by atoms with Crippen LogP contribution in [0.15, 0.2) is 66.1 Å². The molecule has 208 valence electrons. The Morgan fingerprint density at radius 3 is 2.55 bits per heavy atom. The Labute approximate surface area is 235 Å². The molecule has 6 rings (SSSR count). The van der Waals surface area contributed by atoms with Crippen molar-refractivity contribution in [1.29, 1.82) is 0 Å². The third kappa shape index (κ3) is 5.54. The highest BCUT2D eigenvalue weighted by Crippen LogP contribution is 2.45. The fourth-order valence-electron chi connectivity index (χ4n) is 5.14. The highest BCUT2D eigenvalue weighted by Gasteiger charge is 2.31. The smallest absolute Gasteiger partial charge is 0.411 e. The number of nitrogens with zero attached hydrogens (tertiary/aromatic N) is 3. The van der Waals surface area contributed by atoms with Crippen LogP contribution in [0.1, 0.15) is 45.1 Å². The third-order valence-corrected chi connectivity index (χ3v) is 8.88. The molecule has 2 atom stereocenters. The lowest BCUT2D eigenvalue weighted by atomic mass is 9.92. The predicted molar refractivity (Wildman–Crippen MR) is 156 cm³/mol. The zero-order valence-corrected chi connectivity index (χ0v) is 23.2. The molecule has 3 N–H and O–H groups in total. The lowest BCUT2D eigenvalue weighted by molar-refractivity contribution is 0.108. The Kier molecular flexibility index (Phi) is 7.42. The summed E-state index contributed by atoms with van der Waals surface area (Å²) in [5, 5.41) is 4.11. The van der Waals surface area contributed by atoms with Gasteiger partial charge in [0.1, 0.15) is 18.5 Å². The standard InChI is InChI=1S/C30H33N5O4S/c1-19(20-6-7-20)39-30(36)34-22-10-8-21(9-11-22)28-27(31)25-13-12-24(18-26(25)35(28)23-4-2-5-23)38-16-17-40(37)29-32-14-3-15-33-29/h3,8-15,18-20,23H,2,4-7,16-17,31H2,1H3,(H,34,36). The summed E-state index contributed by atoms with van der Waals surface area (Å²) in [5.74, 6) is 1.48. The summed E-state index contributed by atoms with van der Waals surface area (Å²) in [5.41, 5.74) is 11.1. The highest BCUT2D eigenvalue weighted by molar-refractivity contribution is 7.84. The Balaban J connectivity index is 1.21. The largest absolute Gasteiger partial charge is 0.493 e. The molecule has 2 aromatic heterocycles. The van der Waals surface area contributed by atoms with E-state index >= 15 is 0 Å². The number of nitrogens with two attached hydrogens (primary N) is 1. The third-order valence-electron chi connectivity index (χ3n) is 7.72. The normalized spacial score (nSPS) is 16.7. The van der Waals surface area contributed by atoms with Gasteiger partial charge in [-0.15, -0.1) is 0 Å². The average Bonchev–Trinajstić information content (AvgIpc) is 3.75. The second kappa shape index (κ2) is 11.3. The van der Waals surface area contributed by atoms with Crippen molar-refractivity contribution < 1.29 is 18.5 Å². The number of hydrogen-bond acceptors (Lipinski definition) is 7. The van der Waals surface area contributed by atoms with Gasteiger partial charge in [-0.1, -0.05) is 12.1 Å². The minimum absolute atomic E-state index is 0.0637. The van der Waals surface area contributed by atoms with Crippen molar-refractivity contribution in [1.82, 2.24) is 14.5 Å². The maximum Gasteiger partial charge on any atom is 0.411 e. The number of nitrogens with one attached hydrogen (secondary N) is 1. The predicted octanol–water partition coefficient (Wildman–Crippen LogP) is 5.94. The van der Waals surface area contributed by atoms with Gasteiger partial charge in [0.2, 0.25) is 5.16 Å². The molecule has 2 fully saturated rings. The molecule has 2 aliphatic rings. The van der Waals surface area contributed by atoms with E-state index in [1.807, 2.05) is 49.4 Å². The van der Waals surface area contributed by atoms with Crippen LogP contribution in [0.3, 0.4) is 0 Å². The van der Waals surface area contributed by atoms with Gasteiger partial charge < -0.3 is 19.8 Å². The summed E-state index contributed by atoms with van der Waals surface area (Å²) < 4.78 is 26.3. The number of carbonyl (C=O) groups is 1. The molecular weight excluding hydrogens is 526 g/mol. The molecule has 10 heteroatoms. The number of amides is 1. The summed E-state index contributed by atoms with van der Waals surface area (Å²) in [4.78, 5) is 20.4. The number of anilines is 2. The first-order chi connectivity index (χ1) is 19.5. The van der Waals surface area contributed by atoms with Gasteiger partial charge in [-0.25, -0.2) is 14.8 Å². The lowest BCUT2D eigenvalue weighted by Gasteiger charge is -2.30. The number of rotatable bonds is 10. The fourth-order valence-corrected chi connectivity index (χ4v) is 5.92. The van der Waals surface area contributed by atoms with Crippen molar-refractivity contribution in [3.8, 4) is 17.0 Å². The number of hydrogen-bond donors (Lipinski definition) is 2. The Morgan fingerprint density at radius 2 is 1.88 bits per heavy atom. The van der Waals surface area contributed by atoms with Crippen LogP contribution in [-0.4, -0.2) is 43.3 Å². The minimum atomic E-state index is -1.33. The molecule has 40 heavy (non-hydrogen) atoms. The molecule has 2 unspecified atom stereocenters. The molecule has 0 bridgehead atoms. The molecule has 0 aliphatic heterocycles. The molecule has 4 aromatic rings. The number of benzene rings is 2. The van der Waals surface area contributed by atoms with Crippen molar-refractivity contribution in [3.05, 3.63) is 60.9 Å². The topological polar surface area (TPSA) is 121 Å². The van der Waals surface area contributed by atoms with Crippen molar-refractivity contribution in [2.75, 3.05) is 23.4 Å². The van der Waals surface area contributed by atoms with Crippen molar-refractivity contribution in [3.63, 3.8) is 0 Å². The fraction of sp³-hybridized carbons (Fsp3) is 0.367. The van der Waals surface area contributed by atoms with Crippen LogP contribution < -0.4 is 15.8 Å². The molecular formula is C30H33N5O4S. The number of fused-ring (bicyclic) bond motifs is 1. The summed E-state index contributed by atoms with van der Waals surface area (Å²) in [6.45, 7) is 2.22. The zero-order valence-electron chi connectivity index (χ0n) is 22.4. The number of nitrogen functional groups attached to an aromatic ring is 1. The second-order valence-corrected chi connectivity index (χ2v) is 11.9. The first-order valence-corrected chi connectivity index (χ1v) is 15.1. The van der Waals surface area contributed by atoms with Crippen LogP contribution in [0.5, 0.6) is 5.75 Å². The van der Waals surface area contributed by atoms with Crippen LogP contribution >= 0.6 is 0 Å². The van der Waals surface area contributed by atoms with Crippen LogP contribution in [-0.2, 0) is 15.5 Å². The van der Waals surface area contributed by atoms with Gasteiger partial charge in [-0.3, -0.25) is 9.53 Å². The molecule has 0 saturated heterocycles. The Bertz CT molecular complexity index is 1530. The number of carbonyl (C=O) groups excluding carboxylic acids is 1. The van der Waals surface area contributed by atoms with Gasteiger partial charge in [-0.05, 0) is 75.3 Å². The maximum atomic E-state index is 12.5. The summed E-state index contributed by atoms with van der Waals surface area (Å²) in [6, 6.07) is 15.7. The molecule has 0 spiro atoms. The second-order valence-electron chi connectivity index (χ2n) is 10.5. The van der Waals surface area contributed by atoms with Crippen LogP contribution in [0.2, 0.25) is 0 Å². The monoisotopic (exact) mass is 559 g/mol. The average molecular weight is 560 g/mol. The van der Waals surface area contributed by atoms with Crippen molar-refractivity contribution in [2.24, 2.45) is 5.92 Å². The van der Waals surface area contributed by atoms with Crippen molar-refractivity contribution in [2.45, 2.75) is 56.3 Å². The lowest BCUT2D eigenvalue weighted by Crippen LogP contribution is -2.21. The van der Waals surface area contributed by atoms with Crippen LogP contribution in [0.4, 0.5) is 16.2 Å². The number of aromatic nitrogens is 3. The number of ether oxygens (including phenoxy) is 2. The minimum Gasteiger partial charge on any atom is -0.493 e. The van der Waals surface area contributed by atoms with E-state index in [9.17, 15) is 9.00 Å². The zero-order chi connectivity index (χ0) is 27.6. The van der Waals surface area contributed by atoms with Gasteiger partial charge in [0.05, 0.1) is 33.5 Å². The van der Waals surface area contributed by atoms with E-state index in [1.54, 1.807) is 18.5 Å². The Morgan fingerprint density at radius 1 is 1.12 bits per heavy atom. The SMILES string of the molecule is CC(OC(=O)Nc1ccc(-c2c(N)c3ccc(OCCS(=O)c4ncccn4)cc3n2C2CCC2)cc1)C1CC1. The highest BCUT2D eigenvalue weighted by atomic mass is 32.2. The van der Waals surface area contributed by atoms with E-state index in [0.29, 0.717) is 40.0 Å². The molecule has 9 nitrogen and oxygen atoms in total. The van der Waals surface area contributed by atoms with E-state index in [0.717, 1.165) is 47.8 Å². The van der Waals surface area contributed by atoms with E-state index in [-0.39, 0.29) is 12.7 Å². The van der Waals surface area contributed by atoms with E-state index < -0.39 is 16.9 Å². The van der Waals surface area contributed by atoms with Gasteiger partial charge in [0.15, 0.2) is 0 Å². The quantitative estimate of drug-likeness (QED) is 0.231.